The van der Waals surface area contributed by atoms with Gasteiger partial charge in [0.05, 0.1) is 4.47 Å². The molecule has 5 nitrogen and oxygen atoms in total. The van der Waals surface area contributed by atoms with Crippen molar-refractivity contribution in [2.24, 2.45) is 0 Å². The van der Waals surface area contributed by atoms with Crippen LogP contribution in [0.2, 0.25) is 5.02 Å². The van der Waals surface area contributed by atoms with Crippen molar-refractivity contribution in [2.75, 3.05) is 13.7 Å². The summed E-state index contributed by atoms with van der Waals surface area (Å²) in [5.74, 6) is -0.0127. The maximum absolute atomic E-state index is 13.4. The largest absolute Gasteiger partial charge is 0.483 e. The highest BCUT2D eigenvalue weighted by molar-refractivity contribution is 9.10. The molecule has 1 N–H and O–H groups in total. The summed E-state index contributed by atoms with van der Waals surface area (Å²) in [7, 11) is 1.58. The molecule has 0 aliphatic heterocycles. The highest BCUT2D eigenvalue weighted by atomic mass is 79.9. The van der Waals surface area contributed by atoms with Gasteiger partial charge in [-0.3, -0.25) is 9.59 Å². The minimum atomic E-state index is -0.693. The number of rotatable bonds is 9. The third-order valence-corrected chi connectivity index (χ3v) is 6.22. The summed E-state index contributed by atoms with van der Waals surface area (Å²) < 4.78 is 6.44. The van der Waals surface area contributed by atoms with Gasteiger partial charge >= 0.3 is 0 Å². The first-order valence-electron chi connectivity index (χ1n) is 10.6. The van der Waals surface area contributed by atoms with Gasteiger partial charge in [0.1, 0.15) is 11.8 Å². The van der Waals surface area contributed by atoms with Crippen LogP contribution in [0.15, 0.2) is 77.3 Å². The minimum absolute atomic E-state index is 0.214. The summed E-state index contributed by atoms with van der Waals surface area (Å²) in [6.45, 7) is 2.07. The number of amides is 2. The molecule has 0 saturated carbocycles. The standard InChI is InChI=1S/C26H26BrClN2O3/c1-18-8-6-7-11-20(18)16-30(23(26(32)29-2)14-19-9-4-3-5-10-19)25(31)17-33-24-13-12-21(28)15-22(24)27/h3-13,15,23H,14,16-17H2,1-2H3,(H,29,32)/t23-/m0/s1. The number of benzene rings is 3. The Balaban J connectivity index is 1.89. The van der Waals surface area contributed by atoms with Gasteiger partial charge in [0.15, 0.2) is 6.61 Å². The first kappa shape index (κ1) is 24.8. The van der Waals surface area contributed by atoms with E-state index in [0.29, 0.717) is 28.2 Å². The number of nitrogens with zero attached hydrogens (tertiary/aromatic N) is 1. The van der Waals surface area contributed by atoms with Crippen molar-refractivity contribution in [2.45, 2.75) is 25.9 Å². The molecular formula is C26H26BrClN2O3. The van der Waals surface area contributed by atoms with Crippen molar-refractivity contribution in [3.8, 4) is 5.75 Å². The third kappa shape index (κ3) is 6.83. The zero-order valence-electron chi connectivity index (χ0n) is 18.6. The first-order valence-corrected chi connectivity index (χ1v) is 11.7. The summed E-state index contributed by atoms with van der Waals surface area (Å²) in [5, 5.41) is 3.27. The maximum Gasteiger partial charge on any atom is 0.261 e. The molecule has 0 fully saturated rings. The van der Waals surface area contributed by atoms with Crippen molar-refractivity contribution < 1.29 is 14.3 Å². The highest BCUT2D eigenvalue weighted by Crippen LogP contribution is 2.28. The molecule has 3 aromatic rings. The zero-order chi connectivity index (χ0) is 23.8. The Bertz CT molecular complexity index is 1110. The number of halogens is 2. The summed E-state index contributed by atoms with van der Waals surface area (Å²) >= 11 is 9.41. The first-order chi connectivity index (χ1) is 15.9. The molecule has 0 spiro atoms. The van der Waals surface area contributed by atoms with Gasteiger partial charge < -0.3 is 15.0 Å². The van der Waals surface area contributed by atoms with E-state index in [1.54, 1.807) is 30.1 Å². The van der Waals surface area contributed by atoms with Gasteiger partial charge in [-0.1, -0.05) is 66.2 Å². The molecule has 0 aromatic heterocycles. The highest BCUT2D eigenvalue weighted by Gasteiger charge is 2.30. The number of carbonyl (C=O) groups is 2. The molecule has 0 heterocycles. The Morgan fingerprint density at radius 2 is 1.76 bits per heavy atom. The molecule has 0 radical (unpaired) electrons. The molecule has 172 valence electrons. The maximum atomic E-state index is 13.4. The topological polar surface area (TPSA) is 58.6 Å². The average molecular weight is 530 g/mol. The number of hydrogen-bond donors (Lipinski definition) is 1. The van der Waals surface area contributed by atoms with Crippen molar-refractivity contribution >= 4 is 39.3 Å². The predicted molar refractivity (Wildman–Crippen MR) is 134 cm³/mol. The van der Waals surface area contributed by atoms with E-state index >= 15 is 0 Å². The number of ether oxygens (including phenoxy) is 1. The number of hydrogen-bond acceptors (Lipinski definition) is 3. The molecular weight excluding hydrogens is 504 g/mol. The lowest BCUT2D eigenvalue weighted by Gasteiger charge is -2.31. The van der Waals surface area contributed by atoms with Crippen LogP contribution in [0, 0.1) is 6.92 Å². The third-order valence-electron chi connectivity index (χ3n) is 5.36. The van der Waals surface area contributed by atoms with Crippen LogP contribution in [0.3, 0.4) is 0 Å². The van der Waals surface area contributed by atoms with Gasteiger partial charge in [-0.15, -0.1) is 0 Å². The Hall–Kier alpha value is -2.83. The Morgan fingerprint density at radius 1 is 1.06 bits per heavy atom. The molecule has 33 heavy (non-hydrogen) atoms. The number of nitrogens with one attached hydrogen (secondary N) is 1. The SMILES string of the molecule is CNC(=O)[C@H](Cc1ccccc1)N(Cc1ccccc1C)C(=O)COc1ccc(Cl)cc1Br. The van der Waals surface area contributed by atoms with Gasteiger partial charge in [-0.2, -0.15) is 0 Å². The summed E-state index contributed by atoms with van der Waals surface area (Å²) in [4.78, 5) is 28.0. The minimum Gasteiger partial charge on any atom is -0.483 e. The van der Waals surface area contributed by atoms with Gasteiger partial charge in [-0.05, 0) is 57.7 Å². The van der Waals surface area contributed by atoms with Crippen molar-refractivity contribution in [3.05, 3.63) is 99.0 Å². The van der Waals surface area contributed by atoms with E-state index in [-0.39, 0.29) is 18.4 Å². The van der Waals surface area contributed by atoms with E-state index in [4.69, 9.17) is 16.3 Å². The number of carbonyl (C=O) groups excluding carboxylic acids is 2. The quantitative estimate of drug-likeness (QED) is 0.416. The van der Waals surface area contributed by atoms with Gasteiger partial charge in [0.2, 0.25) is 5.91 Å². The lowest BCUT2D eigenvalue weighted by atomic mass is 10.0. The average Bonchev–Trinajstić information content (AvgIpc) is 2.82. The van der Waals surface area contributed by atoms with Gasteiger partial charge in [0, 0.05) is 25.0 Å². The monoisotopic (exact) mass is 528 g/mol. The summed E-state index contributed by atoms with van der Waals surface area (Å²) in [6.07, 6.45) is 0.392. The summed E-state index contributed by atoms with van der Waals surface area (Å²) in [6, 6.07) is 21.9. The fourth-order valence-corrected chi connectivity index (χ4v) is 4.30. The molecule has 0 saturated heterocycles. The van der Waals surface area contributed by atoms with E-state index in [2.05, 4.69) is 21.2 Å². The second-order valence-electron chi connectivity index (χ2n) is 7.63. The lowest BCUT2D eigenvalue weighted by molar-refractivity contribution is -0.142. The van der Waals surface area contributed by atoms with Crippen LogP contribution in [-0.2, 0) is 22.6 Å². The van der Waals surface area contributed by atoms with E-state index in [9.17, 15) is 9.59 Å². The smallest absolute Gasteiger partial charge is 0.261 e. The summed E-state index contributed by atoms with van der Waals surface area (Å²) in [5.41, 5.74) is 2.99. The van der Waals surface area contributed by atoms with E-state index in [1.807, 2.05) is 61.5 Å². The van der Waals surface area contributed by atoms with Gasteiger partial charge in [-0.25, -0.2) is 0 Å². The molecule has 7 heteroatoms. The van der Waals surface area contributed by atoms with E-state index in [1.165, 1.54) is 0 Å². The molecule has 0 bridgehead atoms. The van der Waals surface area contributed by atoms with Crippen molar-refractivity contribution in [1.29, 1.82) is 0 Å². The molecule has 3 aromatic carbocycles. The van der Waals surface area contributed by atoms with Crippen LogP contribution >= 0.6 is 27.5 Å². The van der Waals surface area contributed by atoms with Crippen LogP contribution < -0.4 is 10.1 Å². The Morgan fingerprint density at radius 3 is 2.42 bits per heavy atom. The second kappa shape index (κ2) is 11.9. The lowest BCUT2D eigenvalue weighted by Crippen LogP contribution is -2.51. The normalized spacial score (nSPS) is 11.5. The number of likely N-dealkylation sites (N-methyl/N-ethyl adjacent to an activating group) is 1. The van der Waals surface area contributed by atoms with Crippen LogP contribution in [-0.4, -0.2) is 36.4 Å². The van der Waals surface area contributed by atoms with Crippen LogP contribution in [0.4, 0.5) is 0 Å². The number of aryl methyl sites for hydroxylation is 1. The second-order valence-corrected chi connectivity index (χ2v) is 8.92. The van der Waals surface area contributed by atoms with Crippen LogP contribution in [0.5, 0.6) is 5.75 Å². The molecule has 2 amide bonds. The molecule has 0 aliphatic carbocycles. The zero-order valence-corrected chi connectivity index (χ0v) is 20.9. The fraction of sp³-hybridized carbons (Fsp3) is 0.231. The van der Waals surface area contributed by atoms with Gasteiger partial charge in [0.25, 0.3) is 5.91 Å². The molecule has 0 unspecified atom stereocenters. The fourth-order valence-electron chi connectivity index (χ4n) is 3.51. The van der Waals surface area contributed by atoms with Crippen molar-refractivity contribution in [3.63, 3.8) is 0 Å². The van der Waals surface area contributed by atoms with E-state index < -0.39 is 6.04 Å². The molecule has 1 atom stereocenters. The van der Waals surface area contributed by atoms with Crippen LogP contribution in [0.25, 0.3) is 0 Å². The molecule has 3 rings (SSSR count). The Labute approximate surface area is 207 Å². The Kier molecular flexibility index (Phi) is 8.92. The van der Waals surface area contributed by atoms with E-state index in [0.717, 1.165) is 16.7 Å². The predicted octanol–water partition coefficient (Wildman–Crippen LogP) is 5.18. The van der Waals surface area contributed by atoms with Crippen molar-refractivity contribution in [1.82, 2.24) is 10.2 Å². The molecule has 0 aliphatic rings. The van der Waals surface area contributed by atoms with Crippen LogP contribution in [0.1, 0.15) is 16.7 Å².